The number of anilines is 1. The fraction of sp³-hybridized carbons (Fsp3) is 0.457. The molecule has 48 heavy (non-hydrogen) atoms. The van der Waals surface area contributed by atoms with E-state index in [1.807, 2.05) is 38.1 Å². The minimum atomic E-state index is -0.755. The van der Waals surface area contributed by atoms with Crippen molar-refractivity contribution >= 4 is 50.2 Å². The highest BCUT2D eigenvalue weighted by molar-refractivity contribution is 9.10. The Labute approximate surface area is 287 Å². The molecular formula is C35H40BrN7O5. The molecule has 6 rings (SSSR count). The number of ketones is 1. The number of rotatable bonds is 4. The number of hydrogen-bond donors (Lipinski definition) is 1. The summed E-state index contributed by atoms with van der Waals surface area (Å²) in [4.78, 5) is 55.7. The summed E-state index contributed by atoms with van der Waals surface area (Å²) in [7, 11) is 0. The highest BCUT2D eigenvalue weighted by Crippen LogP contribution is 2.38. The van der Waals surface area contributed by atoms with Gasteiger partial charge in [-0.1, -0.05) is 19.4 Å². The van der Waals surface area contributed by atoms with Crippen LogP contribution >= 0.6 is 15.9 Å². The Morgan fingerprint density at radius 2 is 1.81 bits per heavy atom. The van der Waals surface area contributed by atoms with Gasteiger partial charge in [-0.05, 0) is 73.2 Å². The molecule has 13 heteroatoms. The molecule has 2 atom stereocenters. The number of halogens is 1. The van der Waals surface area contributed by atoms with E-state index in [0.717, 1.165) is 42.4 Å². The highest BCUT2D eigenvalue weighted by atomic mass is 79.9. The number of amides is 2. The van der Waals surface area contributed by atoms with Crippen LogP contribution in [-0.4, -0.2) is 79.6 Å². The van der Waals surface area contributed by atoms with Gasteiger partial charge < -0.3 is 19.7 Å². The van der Waals surface area contributed by atoms with Crippen molar-refractivity contribution in [2.75, 3.05) is 31.7 Å². The van der Waals surface area contributed by atoms with Crippen LogP contribution in [0.15, 0.2) is 41.3 Å². The number of fused-ring (bicyclic) bond motifs is 3. The number of hydrogen-bond acceptors (Lipinski definition) is 9. The first-order chi connectivity index (χ1) is 23.0. The Balaban J connectivity index is 1.39. The Morgan fingerprint density at radius 3 is 2.56 bits per heavy atom. The number of Topliss-reactive ketones (excluding diaryl/α,β-unsaturated/α-hetero) is 1. The third-order valence-electron chi connectivity index (χ3n) is 9.00. The summed E-state index contributed by atoms with van der Waals surface area (Å²) in [6.45, 7) is 8.87. The van der Waals surface area contributed by atoms with E-state index in [2.05, 4.69) is 48.2 Å². The van der Waals surface area contributed by atoms with Crippen molar-refractivity contribution in [1.82, 2.24) is 29.6 Å². The monoisotopic (exact) mass is 717 g/mol. The van der Waals surface area contributed by atoms with Crippen molar-refractivity contribution in [2.45, 2.75) is 72.4 Å². The second-order valence-corrected chi connectivity index (χ2v) is 13.9. The number of ether oxygens (including phenoxy) is 2. The summed E-state index contributed by atoms with van der Waals surface area (Å²) in [6.07, 6.45) is 7.62. The number of carbonyl (C=O) groups is 3. The number of nitrogens with one attached hydrogen (secondary N) is 1. The zero-order valence-corrected chi connectivity index (χ0v) is 29.3. The average Bonchev–Trinajstić information content (AvgIpc) is 3.59. The lowest BCUT2D eigenvalue weighted by Gasteiger charge is -2.25. The van der Waals surface area contributed by atoms with E-state index in [1.54, 1.807) is 22.0 Å². The molecule has 12 nitrogen and oxygen atoms in total. The van der Waals surface area contributed by atoms with E-state index >= 15 is 0 Å². The van der Waals surface area contributed by atoms with Crippen LogP contribution in [0.5, 0.6) is 5.75 Å². The summed E-state index contributed by atoms with van der Waals surface area (Å²) in [5, 5.41) is 8.18. The second-order valence-electron chi connectivity index (χ2n) is 13.1. The maximum absolute atomic E-state index is 14.2. The minimum absolute atomic E-state index is 0.176. The molecule has 2 aliphatic rings. The van der Waals surface area contributed by atoms with Crippen LogP contribution in [0.1, 0.15) is 67.8 Å². The van der Waals surface area contributed by atoms with Crippen LogP contribution in [0.2, 0.25) is 0 Å². The third kappa shape index (κ3) is 7.26. The van der Waals surface area contributed by atoms with Gasteiger partial charge in [0.05, 0.1) is 18.7 Å². The van der Waals surface area contributed by atoms with Crippen LogP contribution < -0.4 is 10.1 Å². The zero-order valence-electron chi connectivity index (χ0n) is 27.7. The summed E-state index contributed by atoms with van der Waals surface area (Å²) >= 11 is 3.38. The molecule has 1 N–H and O–H groups in total. The van der Waals surface area contributed by atoms with Gasteiger partial charge >= 0.3 is 0 Å². The molecule has 2 amide bonds. The number of benzene rings is 1. The standard InChI is InChI=1S/C35H40BrN7O5/c1-21-9-10-30(36)39-33(21)40-34(46)28-15-35(4)19-42(28)31(45)18-43-27-14-29(48-12-8-6-5-7-11-47-20-35)25(24-16-37-23(3)38-17-24)13-26(27)32(41-43)22(2)44/h9-10,13-14,16-17,28H,5-8,11-12,15,18-20H2,1-4H3,(H,39,40,46)/t28-,35+/m0/s1. The molecule has 5 heterocycles. The van der Waals surface area contributed by atoms with Crippen LogP contribution in [0.3, 0.4) is 0 Å². The maximum Gasteiger partial charge on any atom is 0.248 e. The summed E-state index contributed by atoms with van der Waals surface area (Å²) in [6, 6.07) is 6.63. The van der Waals surface area contributed by atoms with Crippen molar-refractivity contribution in [3.63, 3.8) is 0 Å². The lowest BCUT2D eigenvalue weighted by Crippen LogP contribution is -2.45. The van der Waals surface area contributed by atoms with Gasteiger partial charge in [-0.25, -0.2) is 15.0 Å². The average molecular weight is 719 g/mol. The molecule has 0 unspecified atom stereocenters. The van der Waals surface area contributed by atoms with E-state index in [4.69, 9.17) is 9.47 Å². The van der Waals surface area contributed by atoms with Gasteiger partial charge in [0, 0.05) is 60.5 Å². The Morgan fingerprint density at radius 1 is 1.06 bits per heavy atom. The van der Waals surface area contributed by atoms with E-state index in [9.17, 15) is 14.4 Å². The molecule has 3 aromatic heterocycles. The van der Waals surface area contributed by atoms with Gasteiger partial charge in [0.25, 0.3) is 0 Å². The van der Waals surface area contributed by atoms with Gasteiger partial charge in [-0.15, -0.1) is 0 Å². The maximum atomic E-state index is 14.2. The van der Waals surface area contributed by atoms with Gasteiger partial charge in [0.2, 0.25) is 11.8 Å². The number of aryl methyl sites for hydroxylation is 2. The molecule has 2 aliphatic heterocycles. The van der Waals surface area contributed by atoms with Crippen LogP contribution in [0.4, 0.5) is 5.82 Å². The predicted molar refractivity (Wildman–Crippen MR) is 184 cm³/mol. The number of nitrogens with zero attached hydrogens (tertiary/aromatic N) is 6. The molecular weight excluding hydrogens is 678 g/mol. The highest BCUT2D eigenvalue weighted by Gasteiger charge is 2.46. The summed E-state index contributed by atoms with van der Waals surface area (Å²) < 4.78 is 14.6. The van der Waals surface area contributed by atoms with E-state index in [1.165, 1.54) is 6.92 Å². The van der Waals surface area contributed by atoms with Crippen molar-refractivity contribution in [1.29, 1.82) is 0 Å². The predicted octanol–water partition coefficient (Wildman–Crippen LogP) is 5.69. The number of carbonyl (C=O) groups excluding carboxylic acids is 3. The smallest absolute Gasteiger partial charge is 0.248 e. The first-order valence-corrected chi connectivity index (χ1v) is 17.1. The molecule has 4 bridgehead atoms. The van der Waals surface area contributed by atoms with Gasteiger partial charge in [0.15, 0.2) is 5.78 Å². The van der Waals surface area contributed by atoms with Crippen molar-refractivity contribution in [2.24, 2.45) is 5.41 Å². The quantitative estimate of drug-likeness (QED) is 0.208. The minimum Gasteiger partial charge on any atom is -0.493 e. The molecule has 1 aromatic carbocycles. The van der Waals surface area contributed by atoms with E-state index < -0.39 is 11.5 Å². The lowest BCUT2D eigenvalue weighted by molar-refractivity contribution is -0.137. The van der Waals surface area contributed by atoms with Crippen molar-refractivity contribution in [3.05, 3.63) is 58.3 Å². The summed E-state index contributed by atoms with van der Waals surface area (Å²) in [5.74, 6) is 0.821. The van der Waals surface area contributed by atoms with Crippen LogP contribution in [0, 0.1) is 19.3 Å². The molecule has 0 saturated carbocycles. The van der Waals surface area contributed by atoms with Gasteiger partial charge in [-0.3, -0.25) is 19.1 Å². The van der Waals surface area contributed by atoms with Gasteiger partial charge in [0.1, 0.15) is 40.3 Å². The van der Waals surface area contributed by atoms with E-state index in [0.29, 0.717) is 65.7 Å². The number of aromatic nitrogens is 5. The molecule has 0 radical (unpaired) electrons. The molecule has 0 spiro atoms. The zero-order chi connectivity index (χ0) is 34.0. The second kappa shape index (κ2) is 14.1. The Kier molecular flexibility index (Phi) is 9.88. The largest absolute Gasteiger partial charge is 0.493 e. The Hall–Kier alpha value is -4.23. The first kappa shape index (κ1) is 33.7. The molecule has 252 valence electrons. The molecule has 0 aliphatic carbocycles. The topological polar surface area (TPSA) is 141 Å². The van der Waals surface area contributed by atoms with Gasteiger partial charge in [-0.2, -0.15) is 5.10 Å². The first-order valence-electron chi connectivity index (χ1n) is 16.3. The normalized spacial score (nSPS) is 20.7. The summed E-state index contributed by atoms with van der Waals surface area (Å²) in [5.41, 5.74) is 2.68. The fourth-order valence-corrected chi connectivity index (χ4v) is 6.74. The molecule has 1 fully saturated rings. The third-order valence-corrected chi connectivity index (χ3v) is 9.44. The SMILES string of the molecule is CC(=O)c1nn2c3cc(c(-c4cnc(C)nc4)cc13)OCCCCCCOC[C@]1(C)C[C@@H](C(=O)Nc3nc(Br)ccc3C)N(C1)C(=O)C2. The molecule has 4 aromatic rings. The lowest BCUT2D eigenvalue weighted by atomic mass is 9.88. The van der Waals surface area contributed by atoms with Crippen molar-refractivity contribution < 1.29 is 23.9 Å². The van der Waals surface area contributed by atoms with Crippen LogP contribution in [0.25, 0.3) is 22.0 Å². The Bertz CT molecular complexity index is 1860. The van der Waals surface area contributed by atoms with Crippen molar-refractivity contribution in [3.8, 4) is 16.9 Å². The van der Waals surface area contributed by atoms with Crippen LogP contribution in [-0.2, 0) is 20.9 Å². The van der Waals surface area contributed by atoms with E-state index in [-0.39, 0.29) is 29.8 Å². The number of pyridine rings is 1. The fourth-order valence-electron chi connectivity index (χ4n) is 6.43. The molecule has 1 saturated heterocycles.